The van der Waals surface area contributed by atoms with Crippen molar-refractivity contribution >= 4 is 45.0 Å². The molecule has 0 saturated carbocycles. The first-order valence-corrected chi connectivity index (χ1v) is 9.39. The number of ether oxygens (including phenoxy) is 2. The number of hydrogen-bond acceptors (Lipinski definition) is 6. The number of para-hydroxylation sites is 1. The lowest BCUT2D eigenvalue weighted by molar-refractivity contribution is -0.119. The van der Waals surface area contributed by atoms with Crippen molar-refractivity contribution in [3.8, 4) is 0 Å². The van der Waals surface area contributed by atoms with E-state index in [-0.39, 0.29) is 24.1 Å². The summed E-state index contributed by atoms with van der Waals surface area (Å²) in [5.41, 5.74) is 0.901. The van der Waals surface area contributed by atoms with E-state index in [9.17, 15) is 4.79 Å². The molecule has 142 valence electrons. The molecule has 0 spiro atoms. The molecule has 3 rings (SSSR count). The maximum Gasteiger partial charge on any atom is 0.298 e. The molecule has 8 heteroatoms. The Morgan fingerprint density at radius 1 is 1.19 bits per heavy atom. The first-order valence-electron chi connectivity index (χ1n) is 8.57. The van der Waals surface area contributed by atoms with Crippen molar-refractivity contribution in [1.82, 2.24) is 9.88 Å². The normalized spacial score (nSPS) is 13.6. The maximum absolute atomic E-state index is 13.0. The minimum Gasteiger partial charge on any atom is -0.494 e. The molecule has 1 aliphatic heterocycles. The summed E-state index contributed by atoms with van der Waals surface area (Å²) < 4.78 is 11.8. The number of aromatic nitrogens is 1. The standard InChI is InChI=1S/C18H23N3O3S.ClH/c1-3-20(4-2)9-10-21(17(22)15-13-23-11-12-24-15)18-19-14-7-5-6-8-16(14)25-18;/h5-8,13H,3-4,9-12H2,1-2H3;1H. The van der Waals surface area contributed by atoms with Gasteiger partial charge in [0.05, 0.1) is 10.2 Å². The second-order valence-electron chi connectivity index (χ2n) is 5.65. The van der Waals surface area contributed by atoms with E-state index in [0.717, 1.165) is 29.9 Å². The average molecular weight is 398 g/mol. The molecule has 0 N–H and O–H groups in total. The van der Waals surface area contributed by atoms with Gasteiger partial charge in [-0.05, 0) is 25.2 Å². The van der Waals surface area contributed by atoms with Crippen LogP contribution in [0.2, 0.25) is 0 Å². The summed E-state index contributed by atoms with van der Waals surface area (Å²) in [6, 6.07) is 7.91. The number of rotatable bonds is 7. The van der Waals surface area contributed by atoms with Gasteiger partial charge in [0, 0.05) is 13.1 Å². The minimum absolute atomic E-state index is 0. The van der Waals surface area contributed by atoms with Gasteiger partial charge in [-0.15, -0.1) is 12.4 Å². The first kappa shape index (κ1) is 20.5. The number of carbonyl (C=O) groups excluding carboxylic acids is 1. The van der Waals surface area contributed by atoms with Crippen LogP contribution in [0.25, 0.3) is 10.2 Å². The molecule has 1 amide bonds. The summed E-state index contributed by atoms with van der Waals surface area (Å²) in [6.07, 6.45) is 1.41. The number of amides is 1. The molecule has 1 aromatic heterocycles. The van der Waals surface area contributed by atoms with E-state index in [1.807, 2.05) is 24.3 Å². The third kappa shape index (κ3) is 4.66. The van der Waals surface area contributed by atoms with E-state index in [4.69, 9.17) is 9.47 Å². The predicted molar refractivity (Wildman–Crippen MR) is 107 cm³/mol. The molecule has 1 aromatic carbocycles. The molecular formula is C18H24ClN3O3S. The zero-order valence-corrected chi connectivity index (χ0v) is 16.6. The fraction of sp³-hybridized carbons (Fsp3) is 0.444. The van der Waals surface area contributed by atoms with Crippen LogP contribution in [0.15, 0.2) is 36.3 Å². The quantitative estimate of drug-likeness (QED) is 0.717. The number of carbonyl (C=O) groups is 1. The van der Waals surface area contributed by atoms with Crippen molar-refractivity contribution in [2.45, 2.75) is 13.8 Å². The largest absolute Gasteiger partial charge is 0.494 e. The molecule has 0 saturated heterocycles. The third-order valence-corrected chi connectivity index (χ3v) is 5.21. The lowest BCUT2D eigenvalue weighted by Gasteiger charge is -2.26. The van der Waals surface area contributed by atoms with E-state index in [1.54, 1.807) is 4.90 Å². The predicted octanol–water partition coefficient (Wildman–Crippen LogP) is 3.28. The van der Waals surface area contributed by atoms with Crippen molar-refractivity contribution in [2.75, 3.05) is 44.3 Å². The van der Waals surface area contributed by atoms with Crippen molar-refractivity contribution in [1.29, 1.82) is 0 Å². The number of likely N-dealkylation sites (N-methyl/N-ethyl adjacent to an activating group) is 1. The number of hydrogen-bond donors (Lipinski definition) is 0. The minimum atomic E-state index is -0.203. The van der Waals surface area contributed by atoms with Gasteiger partial charge in [0.1, 0.15) is 19.5 Å². The summed E-state index contributed by atoms with van der Waals surface area (Å²) in [5, 5.41) is 0.688. The fourth-order valence-electron chi connectivity index (χ4n) is 2.65. The average Bonchev–Trinajstić information content (AvgIpc) is 3.09. The summed E-state index contributed by atoms with van der Waals surface area (Å²) in [6.45, 7) is 8.33. The van der Waals surface area contributed by atoms with Crippen LogP contribution >= 0.6 is 23.7 Å². The Hall–Kier alpha value is -1.83. The van der Waals surface area contributed by atoms with Gasteiger partial charge in [0.25, 0.3) is 5.91 Å². The first-order chi connectivity index (χ1) is 12.2. The van der Waals surface area contributed by atoms with Gasteiger partial charge >= 0.3 is 0 Å². The Labute approximate surface area is 163 Å². The molecule has 2 heterocycles. The van der Waals surface area contributed by atoms with Crippen LogP contribution in [-0.2, 0) is 14.3 Å². The van der Waals surface area contributed by atoms with E-state index in [1.165, 1.54) is 17.6 Å². The van der Waals surface area contributed by atoms with Crippen molar-refractivity contribution in [2.24, 2.45) is 0 Å². The SMILES string of the molecule is CCN(CC)CCN(C(=O)C1=COCCO1)c1nc2ccccc2s1.Cl. The van der Waals surface area contributed by atoms with Crippen molar-refractivity contribution < 1.29 is 14.3 Å². The molecule has 2 aromatic rings. The van der Waals surface area contributed by atoms with Gasteiger partial charge in [0.2, 0.25) is 5.76 Å². The summed E-state index contributed by atoms with van der Waals surface area (Å²) >= 11 is 1.52. The zero-order chi connectivity index (χ0) is 17.6. The fourth-order valence-corrected chi connectivity index (χ4v) is 3.64. The van der Waals surface area contributed by atoms with Gasteiger partial charge in [-0.3, -0.25) is 9.69 Å². The smallest absolute Gasteiger partial charge is 0.298 e. The van der Waals surface area contributed by atoms with Crippen LogP contribution in [0.3, 0.4) is 0 Å². The van der Waals surface area contributed by atoms with Crippen LogP contribution in [-0.4, -0.2) is 55.2 Å². The molecule has 6 nitrogen and oxygen atoms in total. The zero-order valence-electron chi connectivity index (χ0n) is 15.0. The number of benzene rings is 1. The topological polar surface area (TPSA) is 54.9 Å². The van der Waals surface area contributed by atoms with Crippen LogP contribution in [0, 0.1) is 0 Å². The van der Waals surface area contributed by atoms with E-state index < -0.39 is 0 Å². The Morgan fingerprint density at radius 3 is 2.62 bits per heavy atom. The molecular weight excluding hydrogens is 374 g/mol. The molecule has 0 atom stereocenters. The van der Waals surface area contributed by atoms with Gasteiger partial charge in [-0.25, -0.2) is 4.98 Å². The van der Waals surface area contributed by atoms with Gasteiger partial charge in [0.15, 0.2) is 5.13 Å². The molecule has 26 heavy (non-hydrogen) atoms. The highest BCUT2D eigenvalue weighted by molar-refractivity contribution is 7.22. The molecule has 0 unspecified atom stereocenters. The molecule has 0 radical (unpaired) electrons. The highest BCUT2D eigenvalue weighted by Gasteiger charge is 2.26. The lowest BCUT2D eigenvalue weighted by atomic mass is 10.3. The number of fused-ring (bicyclic) bond motifs is 1. The second-order valence-corrected chi connectivity index (χ2v) is 6.66. The second kappa shape index (κ2) is 9.75. The van der Waals surface area contributed by atoms with Gasteiger partial charge in [-0.2, -0.15) is 0 Å². The van der Waals surface area contributed by atoms with Crippen molar-refractivity contribution in [3.05, 3.63) is 36.3 Å². The maximum atomic E-state index is 13.0. The number of anilines is 1. The molecule has 0 bridgehead atoms. The summed E-state index contributed by atoms with van der Waals surface area (Å²) in [5.74, 6) is 0.0379. The van der Waals surface area contributed by atoms with E-state index in [0.29, 0.717) is 24.9 Å². The number of halogens is 1. The highest BCUT2D eigenvalue weighted by Crippen LogP contribution is 2.29. The van der Waals surface area contributed by atoms with E-state index in [2.05, 4.69) is 23.7 Å². The molecule has 1 aliphatic rings. The summed E-state index contributed by atoms with van der Waals surface area (Å²) in [4.78, 5) is 21.6. The van der Waals surface area contributed by atoms with Crippen LogP contribution in [0.5, 0.6) is 0 Å². The van der Waals surface area contributed by atoms with Crippen molar-refractivity contribution in [3.63, 3.8) is 0 Å². The Balaban J connectivity index is 0.00000243. The van der Waals surface area contributed by atoms with Gasteiger partial charge < -0.3 is 14.4 Å². The Bertz CT molecular complexity index is 728. The molecule has 0 aliphatic carbocycles. The number of nitrogens with zero attached hydrogens (tertiary/aromatic N) is 3. The Morgan fingerprint density at radius 2 is 1.96 bits per heavy atom. The van der Waals surface area contributed by atoms with Gasteiger partial charge in [-0.1, -0.05) is 37.3 Å². The highest BCUT2D eigenvalue weighted by atomic mass is 35.5. The molecule has 0 fully saturated rings. The van der Waals surface area contributed by atoms with Crippen LogP contribution in [0.4, 0.5) is 5.13 Å². The monoisotopic (exact) mass is 397 g/mol. The lowest BCUT2D eigenvalue weighted by Crippen LogP contribution is -2.40. The van der Waals surface area contributed by atoms with Crippen LogP contribution in [0.1, 0.15) is 13.8 Å². The summed E-state index contributed by atoms with van der Waals surface area (Å²) in [7, 11) is 0. The van der Waals surface area contributed by atoms with Crippen LogP contribution < -0.4 is 4.90 Å². The number of thiazole rings is 1. The Kier molecular flexibility index (Phi) is 7.68. The van der Waals surface area contributed by atoms with E-state index >= 15 is 0 Å². The third-order valence-electron chi connectivity index (χ3n) is 4.15.